The van der Waals surface area contributed by atoms with Crippen molar-refractivity contribution in [3.63, 3.8) is 0 Å². The molecule has 0 aliphatic heterocycles. The number of carbonyl (C=O) groups is 2. The number of amides is 2. The second-order valence-corrected chi connectivity index (χ2v) is 10.0. The largest absolute Gasteiger partial charge is 0.492 e. The molecule has 1 atom stereocenters. The summed E-state index contributed by atoms with van der Waals surface area (Å²) in [5.41, 5.74) is 3.25. The lowest BCUT2D eigenvalue weighted by Crippen LogP contribution is -2.46. The number of nitrogens with one attached hydrogen (secondary N) is 2. The molecule has 3 aromatic rings. The summed E-state index contributed by atoms with van der Waals surface area (Å²) in [6.07, 6.45) is 7.96. The summed E-state index contributed by atoms with van der Waals surface area (Å²) in [5, 5.41) is 9.79. The fraction of sp³-hybridized carbons (Fsp3) is 0.300. The van der Waals surface area contributed by atoms with E-state index in [1.165, 1.54) is 6.21 Å². The Hall–Kier alpha value is -3.73. The van der Waals surface area contributed by atoms with E-state index in [1.807, 2.05) is 50.2 Å². The van der Waals surface area contributed by atoms with Gasteiger partial charge in [-0.1, -0.05) is 73.3 Å². The zero-order valence-electron chi connectivity index (χ0n) is 21.9. The summed E-state index contributed by atoms with van der Waals surface area (Å²) >= 11 is 12.0. The molecular weight excluding hydrogens is 537 g/mol. The smallest absolute Gasteiger partial charge is 0.262 e. The molecule has 0 heterocycles. The minimum absolute atomic E-state index is 0.103. The van der Waals surface area contributed by atoms with Gasteiger partial charge in [0.25, 0.3) is 5.91 Å². The molecule has 0 unspecified atom stereocenters. The van der Waals surface area contributed by atoms with Crippen molar-refractivity contribution in [2.24, 2.45) is 11.0 Å². The highest BCUT2D eigenvalue weighted by molar-refractivity contribution is 6.35. The van der Waals surface area contributed by atoms with Crippen LogP contribution < -0.4 is 20.2 Å². The summed E-state index contributed by atoms with van der Waals surface area (Å²) in [4.78, 5) is 25.5. The number of terminal acetylenes is 1. The molecule has 0 saturated heterocycles. The molecule has 0 radical (unpaired) electrons. The van der Waals surface area contributed by atoms with E-state index in [0.29, 0.717) is 39.9 Å². The van der Waals surface area contributed by atoms with Crippen LogP contribution in [0.1, 0.15) is 38.7 Å². The Morgan fingerprint density at radius 2 is 1.85 bits per heavy atom. The minimum Gasteiger partial charge on any atom is -0.492 e. The standard InChI is InChI=1S/C30H31Cl2N3O4/c1-4-15-38-27-13-11-21-8-5-6-9-23(21)24(27)19-33-35-30(37)26(17-20(2)3)34-29(36)10-7-16-39-28-14-12-22(31)18-25(28)32/h1,5-6,8-9,11-14,18-20,26H,7,10,15-17H2,2-3H3,(H,34,36)(H,35,37)/b33-19-/t26-/m1/s1. The van der Waals surface area contributed by atoms with Gasteiger partial charge in [0.1, 0.15) is 24.1 Å². The lowest BCUT2D eigenvalue weighted by atomic mass is 10.0. The van der Waals surface area contributed by atoms with Crippen molar-refractivity contribution in [1.82, 2.24) is 10.7 Å². The van der Waals surface area contributed by atoms with E-state index in [2.05, 4.69) is 21.8 Å². The first-order valence-electron chi connectivity index (χ1n) is 12.6. The van der Waals surface area contributed by atoms with Gasteiger partial charge in [0.05, 0.1) is 17.8 Å². The van der Waals surface area contributed by atoms with Crippen LogP contribution in [0.15, 0.2) is 59.7 Å². The molecule has 3 aromatic carbocycles. The highest BCUT2D eigenvalue weighted by Gasteiger charge is 2.21. The first-order valence-corrected chi connectivity index (χ1v) is 13.3. The number of hydrogen-bond donors (Lipinski definition) is 2. The second-order valence-electron chi connectivity index (χ2n) is 9.20. The molecule has 9 heteroatoms. The number of fused-ring (bicyclic) bond motifs is 1. The first kappa shape index (κ1) is 29.8. The van der Waals surface area contributed by atoms with Gasteiger partial charge in [0, 0.05) is 17.0 Å². The molecule has 0 aromatic heterocycles. The second kappa shape index (κ2) is 15.0. The van der Waals surface area contributed by atoms with Crippen LogP contribution in [-0.2, 0) is 9.59 Å². The van der Waals surface area contributed by atoms with E-state index >= 15 is 0 Å². The van der Waals surface area contributed by atoms with Crippen LogP contribution in [0, 0.1) is 18.3 Å². The van der Waals surface area contributed by atoms with Gasteiger partial charge >= 0.3 is 0 Å². The van der Waals surface area contributed by atoms with Gasteiger partial charge in [-0.2, -0.15) is 5.10 Å². The van der Waals surface area contributed by atoms with Crippen molar-refractivity contribution in [3.05, 3.63) is 70.2 Å². The third kappa shape index (κ3) is 9.20. The molecule has 0 aliphatic carbocycles. The normalized spacial score (nSPS) is 11.8. The van der Waals surface area contributed by atoms with Crippen LogP contribution in [0.3, 0.4) is 0 Å². The zero-order chi connectivity index (χ0) is 28.2. The summed E-state index contributed by atoms with van der Waals surface area (Å²) in [6.45, 7) is 4.34. The van der Waals surface area contributed by atoms with Gasteiger partial charge < -0.3 is 14.8 Å². The van der Waals surface area contributed by atoms with Gasteiger partial charge in [-0.05, 0) is 53.8 Å². The van der Waals surface area contributed by atoms with Crippen LogP contribution >= 0.6 is 23.2 Å². The van der Waals surface area contributed by atoms with E-state index in [1.54, 1.807) is 18.2 Å². The third-order valence-corrected chi connectivity index (χ3v) is 6.20. The van der Waals surface area contributed by atoms with Crippen molar-refractivity contribution in [3.8, 4) is 23.8 Å². The van der Waals surface area contributed by atoms with Crippen molar-refractivity contribution in [2.75, 3.05) is 13.2 Å². The van der Waals surface area contributed by atoms with Crippen molar-refractivity contribution >= 4 is 52.0 Å². The van der Waals surface area contributed by atoms with Crippen LogP contribution in [0.4, 0.5) is 0 Å². The average Bonchev–Trinajstić information content (AvgIpc) is 2.90. The zero-order valence-corrected chi connectivity index (χ0v) is 23.4. The summed E-state index contributed by atoms with van der Waals surface area (Å²) in [5.74, 6) is 3.00. The van der Waals surface area contributed by atoms with Crippen LogP contribution in [0.25, 0.3) is 10.8 Å². The van der Waals surface area contributed by atoms with Gasteiger partial charge in [-0.15, -0.1) is 6.42 Å². The van der Waals surface area contributed by atoms with E-state index in [-0.39, 0.29) is 31.5 Å². The molecule has 0 fully saturated rings. The maximum atomic E-state index is 13.0. The highest BCUT2D eigenvalue weighted by Crippen LogP contribution is 2.28. The molecule has 2 amide bonds. The SMILES string of the molecule is C#CCOc1ccc2ccccc2c1/C=N\NC(=O)[C@@H](CC(C)C)NC(=O)CCCOc1ccc(Cl)cc1Cl. The maximum absolute atomic E-state index is 13.0. The van der Waals surface area contributed by atoms with Gasteiger partial charge in [0.2, 0.25) is 5.91 Å². The van der Waals surface area contributed by atoms with Crippen LogP contribution in [-0.4, -0.2) is 37.3 Å². The topological polar surface area (TPSA) is 89.0 Å². The van der Waals surface area contributed by atoms with Crippen LogP contribution in [0.2, 0.25) is 10.0 Å². The molecule has 0 aliphatic rings. The Kier molecular flexibility index (Phi) is 11.5. The Balaban J connectivity index is 1.59. The number of hydrogen-bond acceptors (Lipinski definition) is 5. The summed E-state index contributed by atoms with van der Waals surface area (Å²) in [7, 11) is 0. The Bertz CT molecular complexity index is 1370. The molecule has 3 rings (SSSR count). The molecule has 2 N–H and O–H groups in total. The lowest BCUT2D eigenvalue weighted by molar-refractivity contribution is -0.129. The highest BCUT2D eigenvalue weighted by atomic mass is 35.5. The average molecular weight is 569 g/mol. The van der Waals surface area contributed by atoms with E-state index in [4.69, 9.17) is 39.1 Å². The number of carbonyl (C=O) groups excluding carboxylic acids is 2. The van der Waals surface area contributed by atoms with Crippen molar-refractivity contribution in [2.45, 2.75) is 39.2 Å². The third-order valence-electron chi connectivity index (χ3n) is 5.67. The van der Waals surface area contributed by atoms with Gasteiger partial charge in [-0.25, -0.2) is 5.43 Å². The number of halogens is 2. The molecule has 204 valence electrons. The fourth-order valence-corrected chi connectivity index (χ4v) is 4.33. The number of hydrazone groups is 1. The van der Waals surface area contributed by atoms with Crippen LogP contribution in [0.5, 0.6) is 11.5 Å². The maximum Gasteiger partial charge on any atom is 0.262 e. The Labute approximate surface area is 238 Å². The minimum atomic E-state index is -0.744. The quantitative estimate of drug-likeness (QED) is 0.115. The molecule has 7 nitrogen and oxygen atoms in total. The molecular formula is C30H31Cl2N3O4. The summed E-state index contributed by atoms with van der Waals surface area (Å²) < 4.78 is 11.3. The van der Waals surface area contributed by atoms with E-state index in [0.717, 1.165) is 10.8 Å². The predicted molar refractivity (Wildman–Crippen MR) is 157 cm³/mol. The number of rotatable bonds is 13. The van der Waals surface area contributed by atoms with Gasteiger partial charge in [-0.3, -0.25) is 9.59 Å². The number of nitrogens with zero attached hydrogens (tertiary/aromatic N) is 1. The Morgan fingerprint density at radius 3 is 2.59 bits per heavy atom. The van der Waals surface area contributed by atoms with Gasteiger partial charge in [0.15, 0.2) is 0 Å². The fourth-order valence-electron chi connectivity index (χ4n) is 3.87. The van der Waals surface area contributed by atoms with E-state index < -0.39 is 11.9 Å². The summed E-state index contributed by atoms with van der Waals surface area (Å²) in [6, 6.07) is 15.7. The monoisotopic (exact) mass is 567 g/mol. The number of ether oxygens (including phenoxy) is 2. The number of benzene rings is 3. The van der Waals surface area contributed by atoms with Crippen molar-refractivity contribution < 1.29 is 19.1 Å². The molecule has 0 bridgehead atoms. The lowest BCUT2D eigenvalue weighted by Gasteiger charge is -2.19. The Morgan fingerprint density at radius 1 is 1.08 bits per heavy atom. The molecule has 0 saturated carbocycles. The molecule has 39 heavy (non-hydrogen) atoms. The van der Waals surface area contributed by atoms with E-state index in [9.17, 15) is 9.59 Å². The first-order chi connectivity index (χ1) is 18.8. The predicted octanol–water partition coefficient (Wildman–Crippen LogP) is 6.00. The molecule has 0 spiro atoms. The van der Waals surface area contributed by atoms with Crippen molar-refractivity contribution in [1.29, 1.82) is 0 Å².